The van der Waals surface area contributed by atoms with Crippen LogP contribution < -0.4 is 0 Å². The molecule has 13 heavy (non-hydrogen) atoms. The summed E-state index contributed by atoms with van der Waals surface area (Å²) in [5.41, 5.74) is -0.363. The Balaban J connectivity index is 1.86. The first kappa shape index (κ1) is 9.40. The van der Waals surface area contributed by atoms with Crippen molar-refractivity contribution in [3.05, 3.63) is 0 Å². The van der Waals surface area contributed by atoms with Crippen LogP contribution in [-0.2, 0) is 14.2 Å². The number of hydrogen-bond donors (Lipinski definition) is 1. The van der Waals surface area contributed by atoms with E-state index in [2.05, 4.69) is 0 Å². The highest BCUT2D eigenvalue weighted by Crippen LogP contribution is 2.42. The van der Waals surface area contributed by atoms with Crippen molar-refractivity contribution in [2.45, 2.75) is 37.8 Å². The Bertz CT molecular complexity index is 200. The van der Waals surface area contributed by atoms with Gasteiger partial charge >= 0.3 is 0 Å². The topological polar surface area (TPSA) is 51.2 Å². The molecule has 2 rings (SSSR count). The van der Waals surface area contributed by atoms with E-state index in [0.29, 0.717) is 19.6 Å². The average Bonchev–Trinajstić information content (AvgIpc) is 2.54. The van der Waals surface area contributed by atoms with Gasteiger partial charge < -0.3 is 19.3 Å². The van der Waals surface area contributed by atoms with Gasteiger partial charge in [0.1, 0.15) is 5.60 Å². The first-order valence-electron chi connectivity index (χ1n) is 4.65. The summed E-state index contributed by atoms with van der Waals surface area (Å²) in [7, 11) is 0. The van der Waals surface area contributed by atoms with E-state index < -0.39 is 5.79 Å². The van der Waals surface area contributed by atoms with Crippen LogP contribution in [0.5, 0.6) is 0 Å². The predicted molar refractivity (Wildman–Crippen MR) is 45.3 cm³/mol. The molecular formula is C9H16O4. The maximum Gasteiger partial charge on any atom is 0.168 e. The van der Waals surface area contributed by atoms with Crippen LogP contribution in [0.3, 0.4) is 0 Å². The van der Waals surface area contributed by atoms with Crippen LogP contribution in [0.4, 0.5) is 0 Å². The Hall–Kier alpha value is -0.160. The third-order valence-electron chi connectivity index (χ3n) is 2.80. The largest absolute Gasteiger partial charge is 0.393 e. The summed E-state index contributed by atoms with van der Waals surface area (Å²) < 4.78 is 16.3. The zero-order chi connectivity index (χ0) is 9.53. The van der Waals surface area contributed by atoms with Crippen molar-refractivity contribution in [2.75, 3.05) is 19.8 Å². The molecule has 2 aliphatic rings. The first-order valence-corrected chi connectivity index (χ1v) is 4.65. The monoisotopic (exact) mass is 188 g/mol. The third kappa shape index (κ3) is 1.72. The van der Waals surface area contributed by atoms with Crippen LogP contribution in [0, 0.1) is 0 Å². The standard InChI is InChI=1S/C9H16O4/c1-8(6-10)7(13-8)5-9(2)11-3-4-12-9/h7,10H,3-6H2,1-2H3/t7-,8+/m1/s1. The van der Waals surface area contributed by atoms with Gasteiger partial charge in [-0.25, -0.2) is 0 Å². The van der Waals surface area contributed by atoms with Gasteiger partial charge in [-0.1, -0.05) is 0 Å². The van der Waals surface area contributed by atoms with E-state index in [0.717, 1.165) is 0 Å². The minimum absolute atomic E-state index is 0.0632. The van der Waals surface area contributed by atoms with Crippen LogP contribution >= 0.6 is 0 Å². The lowest BCUT2D eigenvalue weighted by molar-refractivity contribution is -0.149. The maximum atomic E-state index is 8.99. The lowest BCUT2D eigenvalue weighted by Crippen LogP contribution is -2.30. The third-order valence-corrected chi connectivity index (χ3v) is 2.80. The summed E-state index contributed by atoms with van der Waals surface area (Å²) in [6, 6.07) is 0. The van der Waals surface area contributed by atoms with Gasteiger partial charge in [-0.05, 0) is 13.8 Å². The fourth-order valence-electron chi connectivity index (χ4n) is 1.70. The minimum atomic E-state index is -0.502. The predicted octanol–water partition coefficient (Wildman–Crippen LogP) is 0.289. The SMILES string of the molecule is CC1(C[C@H]2O[C@@]2(C)CO)OCCO1. The first-order chi connectivity index (χ1) is 6.08. The molecule has 0 aromatic carbocycles. The van der Waals surface area contributed by atoms with E-state index >= 15 is 0 Å². The molecule has 0 amide bonds. The van der Waals surface area contributed by atoms with Gasteiger partial charge in [0.25, 0.3) is 0 Å². The van der Waals surface area contributed by atoms with Crippen molar-refractivity contribution >= 4 is 0 Å². The van der Waals surface area contributed by atoms with E-state index in [4.69, 9.17) is 19.3 Å². The molecule has 0 aromatic rings. The van der Waals surface area contributed by atoms with Gasteiger partial charge in [0.05, 0.1) is 25.9 Å². The van der Waals surface area contributed by atoms with E-state index in [-0.39, 0.29) is 18.3 Å². The van der Waals surface area contributed by atoms with Crippen molar-refractivity contribution in [1.29, 1.82) is 0 Å². The second-order valence-corrected chi connectivity index (χ2v) is 4.11. The summed E-state index contributed by atoms with van der Waals surface area (Å²) in [6.07, 6.45) is 0.768. The number of aliphatic hydroxyl groups is 1. The van der Waals surface area contributed by atoms with E-state index in [1.165, 1.54) is 0 Å². The number of hydrogen-bond acceptors (Lipinski definition) is 4. The minimum Gasteiger partial charge on any atom is -0.393 e. The molecule has 0 spiro atoms. The summed E-state index contributed by atoms with van der Waals surface area (Å²) in [4.78, 5) is 0. The quantitative estimate of drug-likeness (QED) is 0.647. The molecule has 2 saturated heterocycles. The van der Waals surface area contributed by atoms with Crippen LogP contribution in [0.1, 0.15) is 20.3 Å². The summed E-state index contributed by atoms with van der Waals surface area (Å²) in [5, 5.41) is 8.99. The average molecular weight is 188 g/mol. The molecule has 0 unspecified atom stereocenters. The lowest BCUT2D eigenvalue weighted by atomic mass is 10.0. The van der Waals surface area contributed by atoms with E-state index in [9.17, 15) is 0 Å². The zero-order valence-corrected chi connectivity index (χ0v) is 8.08. The number of rotatable bonds is 3. The molecular weight excluding hydrogens is 172 g/mol. The molecule has 0 bridgehead atoms. The van der Waals surface area contributed by atoms with Crippen LogP contribution in [0.15, 0.2) is 0 Å². The molecule has 0 radical (unpaired) electrons. The molecule has 76 valence electrons. The molecule has 2 heterocycles. The summed E-state index contributed by atoms with van der Waals surface area (Å²) in [6.45, 7) is 5.18. The van der Waals surface area contributed by atoms with Crippen molar-refractivity contribution < 1.29 is 19.3 Å². The molecule has 0 saturated carbocycles. The van der Waals surface area contributed by atoms with Crippen molar-refractivity contribution in [2.24, 2.45) is 0 Å². The summed E-state index contributed by atoms with van der Waals surface area (Å²) in [5.74, 6) is -0.502. The van der Waals surface area contributed by atoms with Crippen molar-refractivity contribution in [1.82, 2.24) is 0 Å². The number of aliphatic hydroxyl groups excluding tert-OH is 1. The molecule has 0 aromatic heterocycles. The second kappa shape index (κ2) is 2.92. The second-order valence-electron chi connectivity index (χ2n) is 4.11. The molecule has 0 aliphatic carbocycles. The highest BCUT2D eigenvalue weighted by atomic mass is 16.7. The van der Waals surface area contributed by atoms with Gasteiger partial charge in [-0.15, -0.1) is 0 Å². The normalized spacial score (nSPS) is 42.2. The Labute approximate surface area is 77.8 Å². The lowest BCUT2D eigenvalue weighted by Gasteiger charge is -2.21. The maximum absolute atomic E-state index is 8.99. The fraction of sp³-hybridized carbons (Fsp3) is 1.00. The Morgan fingerprint density at radius 3 is 2.38 bits per heavy atom. The summed E-state index contributed by atoms with van der Waals surface area (Å²) >= 11 is 0. The van der Waals surface area contributed by atoms with E-state index in [1.54, 1.807) is 0 Å². The van der Waals surface area contributed by atoms with E-state index in [1.807, 2.05) is 13.8 Å². The number of ether oxygens (including phenoxy) is 3. The number of epoxide rings is 1. The van der Waals surface area contributed by atoms with Gasteiger partial charge in [0.15, 0.2) is 5.79 Å². The highest BCUT2D eigenvalue weighted by molar-refractivity contribution is 5.00. The Morgan fingerprint density at radius 2 is 1.92 bits per heavy atom. The molecule has 2 atom stereocenters. The van der Waals surface area contributed by atoms with Gasteiger partial charge in [-0.2, -0.15) is 0 Å². The van der Waals surface area contributed by atoms with Gasteiger partial charge in [0.2, 0.25) is 0 Å². The Kier molecular flexibility index (Phi) is 2.11. The molecule has 2 fully saturated rings. The molecule has 1 N–H and O–H groups in total. The Morgan fingerprint density at radius 1 is 1.31 bits per heavy atom. The van der Waals surface area contributed by atoms with Crippen LogP contribution in [0.2, 0.25) is 0 Å². The molecule has 4 nitrogen and oxygen atoms in total. The zero-order valence-electron chi connectivity index (χ0n) is 8.08. The molecule has 2 aliphatic heterocycles. The van der Waals surface area contributed by atoms with Crippen molar-refractivity contribution in [3.63, 3.8) is 0 Å². The fourth-order valence-corrected chi connectivity index (χ4v) is 1.70. The van der Waals surface area contributed by atoms with Gasteiger partial charge in [0, 0.05) is 6.42 Å². The smallest absolute Gasteiger partial charge is 0.168 e. The van der Waals surface area contributed by atoms with Crippen LogP contribution in [0.25, 0.3) is 0 Å². The van der Waals surface area contributed by atoms with Crippen molar-refractivity contribution in [3.8, 4) is 0 Å². The van der Waals surface area contributed by atoms with Crippen LogP contribution in [-0.4, -0.2) is 42.4 Å². The van der Waals surface area contributed by atoms with Gasteiger partial charge in [-0.3, -0.25) is 0 Å². The molecule has 4 heteroatoms. The highest BCUT2D eigenvalue weighted by Gasteiger charge is 2.55.